The predicted molar refractivity (Wildman–Crippen MR) is 108 cm³/mol. The lowest BCUT2D eigenvalue weighted by Gasteiger charge is -2.07. The quantitative estimate of drug-likeness (QED) is 0.401. The van der Waals surface area contributed by atoms with Gasteiger partial charge >= 0.3 is 5.97 Å². The molecule has 0 radical (unpaired) electrons. The van der Waals surface area contributed by atoms with Crippen molar-refractivity contribution in [1.82, 2.24) is 14.8 Å². The Balaban J connectivity index is 1.48. The number of carbonyl (C=O) groups is 2. The molecule has 0 saturated heterocycles. The third-order valence-electron chi connectivity index (χ3n) is 3.59. The van der Waals surface area contributed by atoms with Crippen LogP contribution in [0.2, 0.25) is 0 Å². The van der Waals surface area contributed by atoms with Crippen LogP contribution in [0.4, 0.5) is 5.69 Å². The van der Waals surface area contributed by atoms with E-state index in [1.165, 1.54) is 11.8 Å². The molecule has 8 nitrogen and oxygen atoms in total. The van der Waals surface area contributed by atoms with E-state index in [0.717, 1.165) is 4.47 Å². The number of nitrogens with zero attached hydrogens (tertiary/aromatic N) is 3. The van der Waals surface area contributed by atoms with Crippen LogP contribution in [0, 0.1) is 0 Å². The van der Waals surface area contributed by atoms with E-state index >= 15 is 0 Å². The van der Waals surface area contributed by atoms with Crippen molar-refractivity contribution in [3.05, 3.63) is 47.1 Å². The lowest BCUT2D eigenvalue weighted by atomic mass is 10.3. The number of carbonyl (C=O) groups excluding carboxylic acids is 2. The second-order valence-corrected chi connectivity index (χ2v) is 7.39. The Labute approximate surface area is 173 Å². The number of halogens is 1. The van der Waals surface area contributed by atoms with E-state index in [9.17, 15) is 9.59 Å². The maximum atomic E-state index is 11.9. The van der Waals surface area contributed by atoms with Crippen LogP contribution in [0.3, 0.4) is 0 Å². The Bertz CT molecular complexity index is 941. The van der Waals surface area contributed by atoms with E-state index < -0.39 is 11.9 Å². The Hall–Kier alpha value is -2.59. The van der Waals surface area contributed by atoms with Gasteiger partial charge in [0.05, 0.1) is 12.0 Å². The molecule has 0 atom stereocenters. The highest BCUT2D eigenvalue weighted by Gasteiger charge is 2.17. The first-order valence-electron chi connectivity index (χ1n) is 8.37. The zero-order valence-electron chi connectivity index (χ0n) is 14.9. The number of rotatable bonds is 8. The number of nitrogens with one attached hydrogen (secondary N) is 1. The molecular weight excluding hydrogens is 448 g/mol. The highest BCUT2D eigenvalue weighted by molar-refractivity contribution is 9.10. The molecule has 1 aromatic carbocycles. The largest absolute Gasteiger partial charge is 0.461 e. The van der Waals surface area contributed by atoms with E-state index in [0.29, 0.717) is 29.0 Å². The van der Waals surface area contributed by atoms with E-state index in [2.05, 4.69) is 31.4 Å². The zero-order chi connectivity index (χ0) is 19.9. The third-order valence-corrected chi connectivity index (χ3v) is 5.05. The average molecular weight is 465 g/mol. The molecule has 2 aromatic heterocycles. The van der Waals surface area contributed by atoms with Crippen molar-refractivity contribution in [2.45, 2.75) is 18.6 Å². The van der Waals surface area contributed by atoms with Crippen LogP contribution in [0.25, 0.3) is 11.6 Å². The number of thioether (sulfide) groups is 1. The summed E-state index contributed by atoms with van der Waals surface area (Å²) in [7, 11) is 0. The van der Waals surface area contributed by atoms with Crippen LogP contribution in [0.1, 0.15) is 6.92 Å². The molecule has 28 heavy (non-hydrogen) atoms. The Morgan fingerprint density at radius 2 is 2.04 bits per heavy atom. The molecule has 0 saturated carbocycles. The molecule has 0 bridgehead atoms. The number of hydrogen-bond donors (Lipinski definition) is 1. The lowest BCUT2D eigenvalue weighted by Crippen LogP contribution is -2.21. The Kier molecular flexibility index (Phi) is 6.88. The normalized spacial score (nSPS) is 10.6. The van der Waals surface area contributed by atoms with Gasteiger partial charge in [-0.2, -0.15) is 0 Å². The van der Waals surface area contributed by atoms with Crippen molar-refractivity contribution in [3.63, 3.8) is 0 Å². The monoisotopic (exact) mass is 464 g/mol. The fourth-order valence-corrected chi connectivity index (χ4v) is 3.37. The molecule has 10 heteroatoms. The van der Waals surface area contributed by atoms with Crippen molar-refractivity contribution in [3.8, 4) is 11.6 Å². The summed E-state index contributed by atoms with van der Waals surface area (Å²) in [5.74, 6) is 0.297. The van der Waals surface area contributed by atoms with Crippen LogP contribution < -0.4 is 5.32 Å². The van der Waals surface area contributed by atoms with E-state index in [1.54, 1.807) is 42.7 Å². The highest BCUT2D eigenvalue weighted by Crippen LogP contribution is 2.24. The first-order valence-corrected chi connectivity index (χ1v) is 10.2. The van der Waals surface area contributed by atoms with Crippen molar-refractivity contribution >= 4 is 45.3 Å². The van der Waals surface area contributed by atoms with Gasteiger partial charge in [-0.25, -0.2) is 0 Å². The smallest absolute Gasteiger partial charge is 0.316 e. The molecule has 0 spiro atoms. The first kappa shape index (κ1) is 20.2. The predicted octanol–water partition coefficient (Wildman–Crippen LogP) is 3.59. The molecule has 146 valence electrons. The molecule has 0 fully saturated rings. The zero-order valence-corrected chi connectivity index (χ0v) is 17.3. The van der Waals surface area contributed by atoms with Gasteiger partial charge in [-0.15, -0.1) is 10.2 Å². The van der Waals surface area contributed by atoms with Gasteiger partial charge in [-0.3, -0.25) is 14.2 Å². The summed E-state index contributed by atoms with van der Waals surface area (Å²) < 4.78 is 13.1. The molecule has 3 rings (SSSR count). The van der Waals surface area contributed by atoms with Crippen molar-refractivity contribution in [1.29, 1.82) is 0 Å². The standard InChI is InChI=1S/C18H17BrN4O4S/c1-2-23-17(14-4-3-9-26-14)21-22-18(23)28-11-16(25)27-10-15(24)20-13-7-5-12(19)6-8-13/h3-9H,2,10-11H2,1H3,(H,20,24). The number of anilines is 1. The Morgan fingerprint density at radius 3 is 2.71 bits per heavy atom. The molecule has 0 aliphatic rings. The summed E-state index contributed by atoms with van der Waals surface area (Å²) in [5, 5.41) is 11.4. The summed E-state index contributed by atoms with van der Waals surface area (Å²) in [6.45, 7) is 2.22. The number of amides is 1. The topological polar surface area (TPSA) is 99.2 Å². The van der Waals surface area contributed by atoms with Crippen LogP contribution in [0.5, 0.6) is 0 Å². The average Bonchev–Trinajstić information content (AvgIpc) is 3.35. The molecule has 3 aromatic rings. The minimum absolute atomic E-state index is 0.0157. The van der Waals surface area contributed by atoms with E-state index in [1.807, 2.05) is 11.5 Å². The number of aromatic nitrogens is 3. The maximum absolute atomic E-state index is 11.9. The van der Waals surface area contributed by atoms with Gasteiger partial charge in [0.15, 0.2) is 23.3 Å². The van der Waals surface area contributed by atoms with Crippen molar-refractivity contribution < 1.29 is 18.7 Å². The van der Waals surface area contributed by atoms with Crippen LogP contribution >= 0.6 is 27.7 Å². The summed E-state index contributed by atoms with van der Waals surface area (Å²) in [4.78, 5) is 23.8. The summed E-state index contributed by atoms with van der Waals surface area (Å²) in [6.07, 6.45) is 1.56. The number of ether oxygens (including phenoxy) is 1. The van der Waals surface area contributed by atoms with Gasteiger partial charge in [0, 0.05) is 16.7 Å². The van der Waals surface area contributed by atoms with Crippen molar-refractivity contribution in [2.75, 3.05) is 17.7 Å². The highest BCUT2D eigenvalue weighted by atomic mass is 79.9. The van der Waals surface area contributed by atoms with Gasteiger partial charge < -0.3 is 14.5 Å². The summed E-state index contributed by atoms with van der Waals surface area (Å²) >= 11 is 4.51. The second-order valence-electron chi connectivity index (χ2n) is 5.53. The summed E-state index contributed by atoms with van der Waals surface area (Å²) in [5.41, 5.74) is 0.625. The molecule has 1 N–H and O–H groups in total. The molecule has 0 aliphatic heterocycles. The molecular formula is C18H17BrN4O4S. The molecule has 0 aliphatic carbocycles. The first-order chi connectivity index (χ1) is 13.6. The number of esters is 1. The van der Waals surface area contributed by atoms with Gasteiger partial charge in [-0.05, 0) is 43.3 Å². The molecule has 2 heterocycles. The van der Waals surface area contributed by atoms with Crippen LogP contribution in [0.15, 0.2) is 56.7 Å². The minimum Gasteiger partial charge on any atom is -0.461 e. The van der Waals surface area contributed by atoms with Crippen LogP contribution in [-0.4, -0.2) is 39.0 Å². The van der Waals surface area contributed by atoms with Gasteiger partial charge in [0.2, 0.25) is 0 Å². The fourth-order valence-electron chi connectivity index (χ4n) is 2.31. The molecule has 0 unspecified atom stereocenters. The van der Waals surface area contributed by atoms with Crippen LogP contribution in [-0.2, 0) is 20.9 Å². The second kappa shape index (κ2) is 9.56. The van der Waals surface area contributed by atoms with Gasteiger partial charge in [0.25, 0.3) is 5.91 Å². The lowest BCUT2D eigenvalue weighted by molar-refractivity contribution is -0.144. The SMILES string of the molecule is CCn1c(SCC(=O)OCC(=O)Nc2ccc(Br)cc2)nnc1-c1ccco1. The number of furan rings is 1. The number of benzene rings is 1. The van der Waals surface area contributed by atoms with Gasteiger partial charge in [-0.1, -0.05) is 27.7 Å². The Morgan fingerprint density at radius 1 is 1.25 bits per heavy atom. The fraction of sp³-hybridized carbons (Fsp3) is 0.222. The van der Waals surface area contributed by atoms with Gasteiger partial charge in [0.1, 0.15) is 0 Å². The minimum atomic E-state index is -0.513. The molecule has 1 amide bonds. The van der Waals surface area contributed by atoms with E-state index in [-0.39, 0.29) is 12.4 Å². The maximum Gasteiger partial charge on any atom is 0.316 e. The van der Waals surface area contributed by atoms with E-state index in [4.69, 9.17) is 9.15 Å². The third kappa shape index (κ3) is 5.23. The number of hydrogen-bond acceptors (Lipinski definition) is 7. The summed E-state index contributed by atoms with van der Waals surface area (Å²) in [6, 6.07) is 10.7. The van der Waals surface area contributed by atoms with Crippen molar-refractivity contribution in [2.24, 2.45) is 0 Å².